The van der Waals surface area contributed by atoms with Crippen molar-refractivity contribution in [3.63, 3.8) is 0 Å². The molecular weight excluding hydrogens is 727 g/mol. The first-order valence-corrected chi connectivity index (χ1v) is 31.0. The predicted molar refractivity (Wildman–Crippen MR) is 197 cm³/mol. The van der Waals surface area contributed by atoms with Crippen LogP contribution in [0, 0.1) is 0 Å². The van der Waals surface area contributed by atoms with Crippen LogP contribution in [0.4, 0.5) is 0 Å². The van der Waals surface area contributed by atoms with Gasteiger partial charge in [0.25, 0.3) is 0 Å². The summed E-state index contributed by atoms with van der Waals surface area (Å²) in [7, 11) is 0. The SMILES string of the molecule is CCCCc1ccc([C](c2ccccc2)=[Hf]([CH3])([CH3])([CH]2C=CC=C2)[CH]2c3cc(C(C)(C)C)ccc3-c3ccc(C(C)(C)C)cc32)s1. The molecule has 0 unspecified atom stereocenters. The van der Waals surface area contributed by atoms with Crippen LogP contribution in [0.2, 0.25) is 13.0 Å². The van der Waals surface area contributed by atoms with E-state index < -0.39 is 18.0 Å². The Bertz CT molecular complexity index is 1780. The van der Waals surface area contributed by atoms with Crippen LogP contribution in [0.1, 0.15) is 103 Å². The molecule has 3 aromatic carbocycles. The third kappa shape index (κ3) is 5.63. The zero-order chi connectivity index (χ0) is 32.2. The van der Waals surface area contributed by atoms with Crippen molar-refractivity contribution in [3.8, 4) is 11.1 Å². The first-order valence-electron chi connectivity index (χ1n) is 17.1. The topological polar surface area (TPSA) is 0 Å². The van der Waals surface area contributed by atoms with Crippen LogP contribution >= 0.6 is 11.3 Å². The molecule has 0 fully saturated rings. The van der Waals surface area contributed by atoms with Crippen LogP contribution in [-0.2, 0) is 35.3 Å². The predicted octanol–water partition coefficient (Wildman–Crippen LogP) is 12.7. The van der Waals surface area contributed by atoms with Crippen LogP contribution in [0.3, 0.4) is 0 Å². The van der Waals surface area contributed by atoms with E-state index in [-0.39, 0.29) is 10.8 Å². The molecule has 45 heavy (non-hydrogen) atoms. The zero-order valence-electron chi connectivity index (χ0n) is 29.0. The van der Waals surface area contributed by atoms with Crippen LogP contribution in [-0.4, -0.2) is 3.26 Å². The molecule has 0 saturated heterocycles. The van der Waals surface area contributed by atoms with Gasteiger partial charge in [-0.2, -0.15) is 0 Å². The van der Waals surface area contributed by atoms with Crippen molar-refractivity contribution in [3.05, 3.63) is 141 Å². The summed E-state index contributed by atoms with van der Waals surface area (Å²) in [6, 6.07) is 31.4. The molecule has 0 bridgehead atoms. The Kier molecular flexibility index (Phi) is 8.44. The summed E-state index contributed by atoms with van der Waals surface area (Å²) in [4.78, 5) is 3.02. The van der Waals surface area contributed by atoms with Gasteiger partial charge < -0.3 is 0 Å². The van der Waals surface area contributed by atoms with E-state index in [0.717, 1.165) is 0 Å². The summed E-state index contributed by atoms with van der Waals surface area (Å²) in [6.07, 6.45) is 13.4. The Morgan fingerprint density at radius 2 is 1.27 bits per heavy atom. The average Bonchev–Trinajstić information content (AvgIpc) is 3.75. The van der Waals surface area contributed by atoms with Crippen molar-refractivity contribution in [1.82, 2.24) is 0 Å². The van der Waals surface area contributed by atoms with Gasteiger partial charge in [-0.25, -0.2) is 0 Å². The van der Waals surface area contributed by atoms with Crippen molar-refractivity contribution >= 4 is 14.6 Å². The quantitative estimate of drug-likeness (QED) is 0.164. The molecule has 0 spiro atoms. The number of hydrogen-bond acceptors (Lipinski definition) is 1. The molecule has 234 valence electrons. The van der Waals surface area contributed by atoms with Crippen molar-refractivity contribution in [2.24, 2.45) is 0 Å². The molecule has 0 amide bonds. The van der Waals surface area contributed by atoms with Gasteiger partial charge in [-0.1, -0.05) is 0 Å². The number of fused-ring (bicyclic) bond motifs is 3. The van der Waals surface area contributed by atoms with E-state index in [0.29, 0.717) is 7.35 Å². The standard InChI is InChI=1S/C21H25.C15H16S.C5H5.2CH3.Hf/c1-20(2,3)16-7-9-18-14(12-16)11-15-13-17(21(4,5)6)8-10-19(15)18;1-2-3-9-14-10-11-15(16-14)12-13-7-5-4-6-8-13;1-2-4-5-3-1;;;/h7-13H,1-6H3;4-8,10-11H,2-3,9H2,1H3;1-5H;2*1H3;. The van der Waals surface area contributed by atoms with Gasteiger partial charge in [-0.05, 0) is 0 Å². The number of unbranched alkanes of at least 4 members (excludes halogenated alkanes) is 1. The second-order valence-electron chi connectivity index (χ2n) is 16.6. The van der Waals surface area contributed by atoms with Gasteiger partial charge in [-0.15, -0.1) is 0 Å². The Labute approximate surface area is 277 Å². The summed E-state index contributed by atoms with van der Waals surface area (Å²) in [5.41, 5.74) is 10.5. The van der Waals surface area contributed by atoms with Crippen molar-refractivity contribution < 1.29 is 18.0 Å². The molecule has 0 atom stereocenters. The van der Waals surface area contributed by atoms with Crippen LogP contribution < -0.4 is 0 Å². The third-order valence-electron chi connectivity index (χ3n) is 10.9. The number of allylic oxidation sites excluding steroid dienone is 4. The van der Waals surface area contributed by atoms with Gasteiger partial charge >= 0.3 is 280 Å². The van der Waals surface area contributed by atoms with Crippen molar-refractivity contribution in [2.45, 2.75) is 95.3 Å². The molecule has 0 N–H and O–H groups in total. The average molecular weight is 779 g/mol. The molecule has 1 aromatic heterocycles. The molecular formula is C43H52HfS. The van der Waals surface area contributed by atoms with E-state index >= 15 is 0 Å². The van der Waals surface area contributed by atoms with Crippen molar-refractivity contribution in [2.75, 3.05) is 0 Å². The van der Waals surface area contributed by atoms with Gasteiger partial charge in [0.1, 0.15) is 0 Å². The van der Waals surface area contributed by atoms with Crippen LogP contribution in [0.15, 0.2) is 103 Å². The summed E-state index contributed by atoms with van der Waals surface area (Å²) in [5.74, 6) is 0. The Morgan fingerprint density at radius 1 is 0.711 bits per heavy atom. The number of benzene rings is 3. The Balaban J connectivity index is 1.79. The fourth-order valence-corrected chi connectivity index (χ4v) is 36.7. The van der Waals surface area contributed by atoms with Gasteiger partial charge in [-0.3, -0.25) is 0 Å². The zero-order valence-corrected chi connectivity index (χ0v) is 33.4. The molecule has 2 heteroatoms. The summed E-state index contributed by atoms with van der Waals surface area (Å²) in [6.45, 7) is 16.5. The van der Waals surface area contributed by atoms with Crippen LogP contribution in [0.25, 0.3) is 11.1 Å². The minimum atomic E-state index is -4.45. The van der Waals surface area contributed by atoms with E-state index in [2.05, 4.69) is 172 Å². The van der Waals surface area contributed by atoms with Gasteiger partial charge in [0.05, 0.1) is 0 Å². The first kappa shape index (κ1) is 32.5. The van der Waals surface area contributed by atoms with E-state index in [1.807, 2.05) is 0 Å². The second kappa shape index (κ2) is 11.7. The number of hydrogen-bond donors (Lipinski definition) is 0. The first-order chi connectivity index (χ1) is 21.2. The molecule has 0 aliphatic heterocycles. The summed E-state index contributed by atoms with van der Waals surface area (Å²) >= 11 is -2.39. The van der Waals surface area contributed by atoms with E-state index in [1.165, 1.54) is 56.8 Å². The normalized spacial score (nSPS) is 15.5. The molecule has 0 saturated carbocycles. The molecule has 6 rings (SSSR count). The maximum atomic E-state index is 2.81. The minimum absolute atomic E-state index is 0.0832. The monoisotopic (exact) mass is 780 g/mol. The van der Waals surface area contributed by atoms with E-state index in [4.69, 9.17) is 0 Å². The number of rotatable bonds is 7. The number of thiophene rings is 1. The van der Waals surface area contributed by atoms with Crippen molar-refractivity contribution in [1.29, 1.82) is 0 Å². The number of aryl methyl sites for hydroxylation is 1. The van der Waals surface area contributed by atoms with Gasteiger partial charge in [0.2, 0.25) is 0 Å². The molecule has 2 aliphatic carbocycles. The van der Waals surface area contributed by atoms with E-state index in [9.17, 15) is 0 Å². The van der Waals surface area contributed by atoms with Gasteiger partial charge in [0.15, 0.2) is 0 Å². The Hall–Kier alpha value is -2.42. The van der Waals surface area contributed by atoms with Crippen LogP contribution in [0.5, 0.6) is 0 Å². The molecule has 2 aliphatic rings. The fraction of sp³-hybridized carbons (Fsp3) is 0.372. The summed E-state index contributed by atoms with van der Waals surface area (Å²) in [5, 5.41) is 0. The molecule has 0 radical (unpaired) electrons. The molecule has 0 nitrogen and oxygen atoms in total. The molecule has 4 aromatic rings. The third-order valence-corrected chi connectivity index (χ3v) is 37.8. The second-order valence-corrected chi connectivity index (χ2v) is 42.7. The molecule has 1 heterocycles. The summed E-state index contributed by atoms with van der Waals surface area (Å²) < 4.78 is 8.09. The Morgan fingerprint density at radius 3 is 1.78 bits per heavy atom. The fourth-order valence-electron chi connectivity index (χ4n) is 8.27. The maximum absolute atomic E-state index is 4.45. The van der Waals surface area contributed by atoms with Gasteiger partial charge in [0, 0.05) is 0 Å². The van der Waals surface area contributed by atoms with E-state index in [1.54, 1.807) is 14.4 Å².